The third-order valence-corrected chi connectivity index (χ3v) is 2.95. The van der Waals surface area contributed by atoms with Crippen molar-refractivity contribution in [2.24, 2.45) is 5.41 Å². The van der Waals surface area contributed by atoms with E-state index in [1.165, 1.54) is 0 Å². The van der Waals surface area contributed by atoms with E-state index in [1.807, 2.05) is 0 Å². The van der Waals surface area contributed by atoms with Gasteiger partial charge in [-0.2, -0.15) is 0 Å². The summed E-state index contributed by atoms with van der Waals surface area (Å²) < 4.78 is 4.10. The van der Waals surface area contributed by atoms with Gasteiger partial charge in [0, 0.05) is 6.92 Å². The molecule has 0 saturated heterocycles. The molecule has 1 N–H and O–H groups in total. The Kier molecular flexibility index (Phi) is 6.38. The number of ketones is 3. The van der Waals surface area contributed by atoms with Crippen molar-refractivity contribution in [2.45, 2.75) is 46.6 Å². The third-order valence-electron chi connectivity index (χ3n) is 2.95. The Bertz CT molecular complexity index is 436. The lowest BCUT2D eigenvalue weighted by Gasteiger charge is -2.30. The molecule has 112 valence electrons. The third kappa shape index (κ3) is 3.36. The smallest absolute Gasteiger partial charge is 0.383 e. The number of hydrogen-bond donors (Lipinski definition) is 1. The summed E-state index contributed by atoms with van der Waals surface area (Å²) in [6.45, 7) is 4.43. The van der Waals surface area contributed by atoms with Gasteiger partial charge >= 0.3 is 11.9 Å². The van der Waals surface area contributed by atoms with E-state index in [-0.39, 0.29) is 6.42 Å². The molecule has 0 aromatic heterocycles. The van der Waals surface area contributed by atoms with Crippen LogP contribution >= 0.6 is 0 Å². The van der Waals surface area contributed by atoms with Gasteiger partial charge in [-0.1, -0.05) is 13.3 Å². The number of aliphatic hydroxyl groups excluding tert-OH is 1. The Labute approximate surface area is 116 Å². The molecule has 0 aliphatic carbocycles. The predicted molar refractivity (Wildman–Crippen MR) is 66.5 cm³/mol. The predicted octanol–water partition coefficient (Wildman–Crippen LogP) is -0.0294. The zero-order chi connectivity index (χ0) is 16.1. The fourth-order valence-electron chi connectivity index (χ4n) is 2.02. The Morgan fingerprint density at radius 3 is 1.80 bits per heavy atom. The topological polar surface area (TPSA) is 115 Å². The Morgan fingerprint density at radius 2 is 1.50 bits per heavy atom. The molecular formula is C13H18O7. The van der Waals surface area contributed by atoms with Crippen LogP contribution in [0.2, 0.25) is 0 Å². The number of rotatable bonds is 7. The highest BCUT2D eigenvalue weighted by atomic mass is 16.6. The molecule has 0 radical (unpaired) electrons. The quantitative estimate of drug-likeness (QED) is 0.397. The second-order valence-corrected chi connectivity index (χ2v) is 4.44. The number of carbonyl (C=O) groups is 5. The van der Waals surface area contributed by atoms with Crippen molar-refractivity contribution >= 4 is 29.3 Å². The first-order valence-electron chi connectivity index (χ1n) is 6.09. The van der Waals surface area contributed by atoms with E-state index in [0.29, 0.717) is 6.42 Å². The zero-order valence-corrected chi connectivity index (χ0v) is 11.9. The molecule has 0 aromatic rings. The van der Waals surface area contributed by atoms with Crippen molar-refractivity contribution in [3.63, 3.8) is 0 Å². The van der Waals surface area contributed by atoms with E-state index in [2.05, 4.69) is 4.74 Å². The second-order valence-electron chi connectivity index (χ2n) is 4.44. The largest absolute Gasteiger partial charge is 0.391 e. The van der Waals surface area contributed by atoms with Crippen LogP contribution in [0.5, 0.6) is 0 Å². The number of ether oxygens (including phenoxy) is 1. The molecule has 0 rings (SSSR count). The molecule has 0 aromatic carbocycles. The van der Waals surface area contributed by atoms with Crippen LogP contribution in [-0.2, 0) is 28.7 Å². The normalized spacial score (nSPS) is 12.4. The van der Waals surface area contributed by atoms with Crippen molar-refractivity contribution < 1.29 is 33.8 Å². The van der Waals surface area contributed by atoms with Crippen LogP contribution in [0.25, 0.3) is 0 Å². The number of esters is 2. The SMILES string of the molecule is CCCC(O)C(C(C)=O)(C(C)=O)C(=O)C(=O)OC(C)=O. The van der Waals surface area contributed by atoms with Gasteiger partial charge in [-0.15, -0.1) is 0 Å². The van der Waals surface area contributed by atoms with E-state index in [1.54, 1.807) is 6.92 Å². The van der Waals surface area contributed by atoms with Gasteiger partial charge < -0.3 is 9.84 Å². The van der Waals surface area contributed by atoms with Crippen LogP contribution in [-0.4, -0.2) is 40.5 Å². The molecule has 0 fully saturated rings. The zero-order valence-electron chi connectivity index (χ0n) is 11.9. The summed E-state index contributed by atoms with van der Waals surface area (Å²) >= 11 is 0. The molecule has 7 heteroatoms. The van der Waals surface area contributed by atoms with Gasteiger partial charge in [0.05, 0.1) is 6.10 Å². The van der Waals surface area contributed by atoms with Gasteiger partial charge in [0.15, 0.2) is 17.0 Å². The summed E-state index contributed by atoms with van der Waals surface area (Å²) in [6, 6.07) is 0. The van der Waals surface area contributed by atoms with Crippen molar-refractivity contribution in [3.05, 3.63) is 0 Å². The lowest BCUT2D eigenvalue weighted by Crippen LogP contribution is -2.56. The van der Waals surface area contributed by atoms with Gasteiger partial charge in [0.25, 0.3) is 5.78 Å². The van der Waals surface area contributed by atoms with Crippen LogP contribution < -0.4 is 0 Å². The minimum absolute atomic E-state index is 0.0295. The van der Waals surface area contributed by atoms with Gasteiger partial charge in [-0.25, -0.2) is 4.79 Å². The van der Waals surface area contributed by atoms with Gasteiger partial charge in [-0.3, -0.25) is 19.2 Å². The van der Waals surface area contributed by atoms with Gasteiger partial charge in [0.1, 0.15) is 0 Å². The summed E-state index contributed by atoms with van der Waals surface area (Å²) in [7, 11) is 0. The molecule has 7 nitrogen and oxygen atoms in total. The monoisotopic (exact) mass is 286 g/mol. The summed E-state index contributed by atoms with van der Waals surface area (Å²) in [5.74, 6) is -6.12. The van der Waals surface area contributed by atoms with Gasteiger partial charge in [0.2, 0.25) is 0 Å². The Morgan fingerprint density at radius 1 is 1.05 bits per heavy atom. The molecule has 0 bridgehead atoms. The fourth-order valence-corrected chi connectivity index (χ4v) is 2.02. The fraction of sp³-hybridized carbons (Fsp3) is 0.615. The standard InChI is InChI=1S/C13H18O7/c1-5-6-10(17)13(7(2)14,8(3)15)11(18)12(19)20-9(4)16/h10,17H,5-6H2,1-4H3. The first-order valence-corrected chi connectivity index (χ1v) is 6.09. The van der Waals surface area contributed by atoms with Crippen molar-refractivity contribution in [1.29, 1.82) is 0 Å². The first-order chi connectivity index (χ1) is 9.12. The highest BCUT2D eigenvalue weighted by Gasteiger charge is 2.56. The van der Waals surface area contributed by atoms with E-state index in [4.69, 9.17) is 0 Å². The molecule has 0 spiro atoms. The van der Waals surface area contributed by atoms with Crippen LogP contribution in [0.3, 0.4) is 0 Å². The molecule has 0 heterocycles. The van der Waals surface area contributed by atoms with Crippen LogP contribution in [0.1, 0.15) is 40.5 Å². The lowest BCUT2D eigenvalue weighted by atomic mass is 9.70. The van der Waals surface area contributed by atoms with E-state index < -0.39 is 40.8 Å². The van der Waals surface area contributed by atoms with Crippen molar-refractivity contribution in [3.8, 4) is 0 Å². The summed E-state index contributed by atoms with van der Waals surface area (Å²) in [6.07, 6.45) is -1.29. The lowest BCUT2D eigenvalue weighted by molar-refractivity contribution is -0.172. The van der Waals surface area contributed by atoms with Crippen LogP contribution in [0.15, 0.2) is 0 Å². The molecule has 20 heavy (non-hydrogen) atoms. The average molecular weight is 286 g/mol. The minimum atomic E-state index is -2.51. The number of Topliss-reactive ketones (excluding diaryl/α,β-unsaturated/α-hetero) is 3. The molecule has 0 aliphatic rings. The van der Waals surface area contributed by atoms with E-state index in [9.17, 15) is 29.1 Å². The maximum atomic E-state index is 12.1. The average Bonchev–Trinajstić information content (AvgIpc) is 2.27. The number of aliphatic hydroxyl groups is 1. The first kappa shape index (κ1) is 18.1. The maximum absolute atomic E-state index is 12.1. The number of hydrogen-bond acceptors (Lipinski definition) is 7. The van der Waals surface area contributed by atoms with E-state index >= 15 is 0 Å². The highest BCUT2D eigenvalue weighted by molar-refractivity contribution is 6.47. The summed E-state index contributed by atoms with van der Waals surface area (Å²) in [5, 5.41) is 10.00. The van der Waals surface area contributed by atoms with Crippen molar-refractivity contribution in [2.75, 3.05) is 0 Å². The molecular weight excluding hydrogens is 268 g/mol. The van der Waals surface area contributed by atoms with E-state index in [0.717, 1.165) is 20.8 Å². The van der Waals surface area contributed by atoms with Crippen molar-refractivity contribution in [1.82, 2.24) is 0 Å². The van der Waals surface area contributed by atoms with Crippen LogP contribution in [0, 0.1) is 5.41 Å². The second kappa shape index (κ2) is 7.04. The summed E-state index contributed by atoms with van der Waals surface area (Å²) in [4.78, 5) is 57.8. The maximum Gasteiger partial charge on any atom is 0.383 e. The summed E-state index contributed by atoms with van der Waals surface area (Å²) in [5.41, 5.74) is -2.51. The molecule has 0 amide bonds. The Balaban J connectivity index is 5.80. The number of carbonyl (C=O) groups excluding carboxylic acids is 5. The molecule has 1 unspecified atom stereocenters. The molecule has 1 atom stereocenters. The van der Waals surface area contributed by atoms with Crippen LogP contribution in [0.4, 0.5) is 0 Å². The molecule has 0 saturated carbocycles. The minimum Gasteiger partial charge on any atom is -0.391 e. The van der Waals surface area contributed by atoms with Gasteiger partial charge in [-0.05, 0) is 20.3 Å². The Hall–Kier alpha value is -1.89. The highest BCUT2D eigenvalue weighted by Crippen LogP contribution is 2.30. The molecule has 0 aliphatic heterocycles.